The van der Waals surface area contributed by atoms with E-state index in [9.17, 15) is 0 Å². The van der Waals surface area contributed by atoms with Gasteiger partial charge in [0.25, 0.3) is 0 Å². The van der Waals surface area contributed by atoms with Crippen molar-refractivity contribution in [2.45, 2.75) is 27.7 Å². The lowest BCUT2D eigenvalue weighted by Crippen LogP contribution is -2.10. The Morgan fingerprint density at radius 2 is 0.595 bits per heavy atom. The summed E-state index contributed by atoms with van der Waals surface area (Å²) in [6, 6.07) is 52.3. The van der Waals surface area contributed by atoms with E-state index in [1.165, 1.54) is 33.4 Å². The van der Waals surface area contributed by atoms with E-state index in [0.29, 0.717) is 0 Å². The SMILES string of the molecule is Cc1ccc(N(c2ccccc2)c2ccc(-c3ccc(N(c4ccccc4)c4ccc(C)c(C)c4)cc3)cc2)cc1C. The van der Waals surface area contributed by atoms with Crippen molar-refractivity contribution in [3.05, 3.63) is 168 Å². The first-order valence-electron chi connectivity index (χ1n) is 14.5. The standard InChI is InChI=1S/C40H36N2/c1-29-15-21-39(27-31(29)3)41(35-11-7-5-8-12-35)37-23-17-33(18-24-37)34-19-25-38(26-20-34)42(36-13-9-6-10-14-36)40-22-16-30(2)32(4)28-40/h5-28H,1-4H3. The molecule has 6 rings (SSSR count). The topological polar surface area (TPSA) is 6.48 Å². The predicted octanol–water partition coefficient (Wildman–Crippen LogP) is 11.5. The van der Waals surface area contributed by atoms with Crippen LogP contribution in [0.5, 0.6) is 0 Å². The van der Waals surface area contributed by atoms with Crippen molar-refractivity contribution in [3.8, 4) is 11.1 Å². The van der Waals surface area contributed by atoms with Crippen LogP contribution >= 0.6 is 0 Å². The first-order valence-corrected chi connectivity index (χ1v) is 14.5. The van der Waals surface area contributed by atoms with Gasteiger partial charge in [-0.05, 0) is 134 Å². The third kappa shape index (κ3) is 5.57. The Kier molecular flexibility index (Phi) is 7.62. The Morgan fingerprint density at radius 3 is 0.929 bits per heavy atom. The maximum Gasteiger partial charge on any atom is 0.0464 e. The van der Waals surface area contributed by atoms with Crippen LogP contribution in [0.3, 0.4) is 0 Å². The zero-order valence-corrected chi connectivity index (χ0v) is 24.8. The summed E-state index contributed by atoms with van der Waals surface area (Å²) in [6.45, 7) is 8.67. The second kappa shape index (κ2) is 11.8. The fourth-order valence-corrected chi connectivity index (χ4v) is 5.38. The fourth-order valence-electron chi connectivity index (χ4n) is 5.38. The summed E-state index contributed by atoms with van der Waals surface area (Å²) in [4.78, 5) is 4.64. The van der Waals surface area contributed by atoms with Crippen molar-refractivity contribution in [1.82, 2.24) is 0 Å². The Balaban J connectivity index is 1.33. The number of anilines is 6. The summed E-state index contributed by atoms with van der Waals surface area (Å²) >= 11 is 0. The molecule has 0 bridgehead atoms. The molecule has 0 heterocycles. The summed E-state index contributed by atoms with van der Waals surface area (Å²) in [5.74, 6) is 0. The number of benzene rings is 6. The highest BCUT2D eigenvalue weighted by atomic mass is 15.1. The fraction of sp³-hybridized carbons (Fsp3) is 0.100. The highest BCUT2D eigenvalue weighted by molar-refractivity contribution is 5.81. The Hall–Kier alpha value is -5.08. The van der Waals surface area contributed by atoms with Gasteiger partial charge in [0.15, 0.2) is 0 Å². The average molecular weight is 545 g/mol. The molecule has 0 radical (unpaired) electrons. The molecule has 0 saturated heterocycles. The third-order valence-electron chi connectivity index (χ3n) is 8.11. The molecule has 2 nitrogen and oxygen atoms in total. The molecular weight excluding hydrogens is 508 g/mol. The molecule has 0 aromatic heterocycles. The maximum absolute atomic E-state index is 2.32. The van der Waals surface area contributed by atoms with E-state index < -0.39 is 0 Å². The van der Waals surface area contributed by atoms with E-state index in [1.54, 1.807) is 0 Å². The first-order chi connectivity index (χ1) is 20.5. The van der Waals surface area contributed by atoms with Crippen LogP contribution in [-0.2, 0) is 0 Å². The molecule has 0 aliphatic carbocycles. The lowest BCUT2D eigenvalue weighted by atomic mass is 10.0. The van der Waals surface area contributed by atoms with Crippen LogP contribution in [0.1, 0.15) is 22.3 Å². The van der Waals surface area contributed by atoms with Gasteiger partial charge in [-0.25, -0.2) is 0 Å². The molecule has 0 N–H and O–H groups in total. The lowest BCUT2D eigenvalue weighted by molar-refractivity contribution is 1.25. The molecule has 42 heavy (non-hydrogen) atoms. The van der Waals surface area contributed by atoms with Gasteiger partial charge in [-0.1, -0.05) is 72.8 Å². The van der Waals surface area contributed by atoms with Crippen LogP contribution in [0.4, 0.5) is 34.1 Å². The van der Waals surface area contributed by atoms with Gasteiger partial charge in [0.1, 0.15) is 0 Å². The van der Waals surface area contributed by atoms with Crippen molar-refractivity contribution < 1.29 is 0 Å². The second-order valence-electron chi connectivity index (χ2n) is 11.0. The average Bonchev–Trinajstić information content (AvgIpc) is 3.03. The Morgan fingerprint density at radius 1 is 0.286 bits per heavy atom. The molecule has 0 atom stereocenters. The summed E-state index contributed by atoms with van der Waals surface area (Å²) in [5, 5.41) is 0. The molecule has 6 aromatic rings. The first kappa shape index (κ1) is 27.1. The van der Waals surface area contributed by atoms with E-state index in [0.717, 1.165) is 34.1 Å². The zero-order valence-electron chi connectivity index (χ0n) is 24.8. The molecule has 2 heteroatoms. The van der Waals surface area contributed by atoms with Gasteiger partial charge in [-0.3, -0.25) is 0 Å². The highest BCUT2D eigenvalue weighted by Crippen LogP contribution is 2.38. The maximum atomic E-state index is 2.32. The van der Waals surface area contributed by atoms with Gasteiger partial charge in [-0.2, -0.15) is 0 Å². The molecule has 0 unspecified atom stereocenters. The van der Waals surface area contributed by atoms with Gasteiger partial charge in [0.05, 0.1) is 0 Å². The predicted molar refractivity (Wildman–Crippen MR) is 180 cm³/mol. The molecule has 0 saturated carbocycles. The van der Waals surface area contributed by atoms with Crippen LogP contribution < -0.4 is 9.80 Å². The molecule has 206 valence electrons. The van der Waals surface area contributed by atoms with Gasteiger partial charge in [-0.15, -0.1) is 0 Å². The minimum absolute atomic E-state index is 1.13. The van der Waals surface area contributed by atoms with E-state index in [2.05, 4.69) is 183 Å². The van der Waals surface area contributed by atoms with Crippen molar-refractivity contribution >= 4 is 34.1 Å². The number of hydrogen-bond donors (Lipinski definition) is 0. The number of rotatable bonds is 7. The van der Waals surface area contributed by atoms with E-state index in [1.807, 2.05) is 0 Å². The summed E-state index contributed by atoms with van der Waals surface area (Å²) < 4.78 is 0. The van der Waals surface area contributed by atoms with Gasteiger partial charge >= 0.3 is 0 Å². The van der Waals surface area contributed by atoms with Gasteiger partial charge < -0.3 is 9.80 Å². The summed E-state index contributed by atoms with van der Waals surface area (Å²) in [6.07, 6.45) is 0. The Bertz CT molecular complexity index is 1650. The van der Waals surface area contributed by atoms with Crippen LogP contribution in [0.2, 0.25) is 0 Å². The quantitative estimate of drug-likeness (QED) is 0.197. The third-order valence-corrected chi connectivity index (χ3v) is 8.11. The summed E-state index contributed by atoms with van der Waals surface area (Å²) in [5.41, 5.74) is 14.4. The van der Waals surface area contributed by atoms with E-state index in [4.69, 9.17) is 0 Å². The van der Waals surface area contributed by atoms with Crippen LogP contribution in [0, 0.1) is 27.7 Å². The van der Waals surface area contributed by atoms with E-state index in [-0.39, 0.29) is 0 Å². The Labute approximate surface area is 250 Å². The highest BCUT2D eigenvalue weighted by Gasteiger charge is 2.15. The van der Waals surface area contributed by atoms with Crippen molar-refractivity contribution in [1.29, 1.82) is 0 Å². The minimum atomic E-state index is 1.13. The molecule has 0 spiro atoms. The largest absolute Gasteiger partial charge is 0.310 e. The second-order valence-corrected chi connectivity index (χ2v) is 11.0. The van der Waals surface area contributed by atoms with Crippen LogP contribution in [0.15, 0.2) is 146 Å². The number of nitrogens with zero attached hydrogens (tertiary/aromatic N) is 2. The minimum Gasteiger partial charge on any atom is -0.310 e. The molecule has 0 aliphatic heterocycles. The number of aryl methyl sites for hydroxylation is 4. The monoisotopic (exact) mass is 544 g/mol. The van der Waals surface area contributed by atoms with E-state index >= 15 is 0 Å². The summed E-state index contributed by atoms with van der Waals surface area (Å²) in [7, 11) is 0. The molecule has 0 amide bonds. The van der Waals surface area contributed by atoms with Crippen molar-refractivity contribution in [3.63, 3.8) is 0 Å². The molecule has 0 fully saturated rings. The van der Waals surface area contributed by atoms with Crippen molar-refractivity contribution in [2.24, 2.45) is 0 Å². The zero-order chi connectivity index (χ0) is 29.1. The van der Waals surface area contributed by atoms with Gasteiger partial charge in [0, 0.05) is 34.1 Å². The van der Waals surface area contributed by atoms with Crippen LogP contribution in [0.25, 0.3) is 11.1 Å². The molecule has 0 aliphatic rings. The lowest BCUT2D eigenvalue weighted by Gasteiger charge is -2.27. The molecule has 6 aromatic carbocycles. The normalized spacial score (nSPS) is 10.9. The number of hydrogen-bond acceptors (Lipinski definition) is 2. The van der Waals surface area contributed by atoms with Gasteiger partial charge in [0.2, 0.25) is 0 Å². The van der Waals surface area contributed by atoms with Crippen LogP contribution in [-0.4, -0.2) is 0 Å². The van der Waals surface area contributed by atoms with Crippen molar-refractivity contribution in [2.75, 3.05) is 9.80 Å². The molecular formula is C40H36N2. The number of para-hydroxylation sites is 2. The smallest absolute Gasteiger partial charge is 0.0464 e.